The van der Waals surface area contributed by atoms with Crippen LogP contribution in [0.3, 0.4) is 0 Å². The number of nitrogens with one attached hydrogen (secondary N) is 1. The lowest BCUT2D eigenvalue weighted by molar-refractivity contribution is -0.142. The van der Waals surface area contributed by atoms with E-state index in [2.05, 4.69) is 9.72 Å². The summed E-state index contributed by atoms with van der Waals surface area (Å²) in [6, 6.07) is 5.12. The molecule has 2 aromatic rings. The van der Waals surface area contributed by atoms with E-state index in [0.717, 1.165) is 22.2 Å². The number of nitrogens with two attached hydrogens (primary N) is 1. The molecule has 0 saturated heterocycles. The summed E-state index contributed by atoms with van der Waals surface area (Å²) in [5, 5.41) is 1.78. The van der Waals surface area contributed by atoms with Gasteiger partial charge in [-0.15, -0.1) is 0 Å². The third-order valence-electron chi connectivity index (χ3n) is 2.99. The van der Waals surface area contributed by atoms with Crippen molar-refractivity contribution in [1.29, 1.82) is 0 Å². The first-order chi connectivity index (χ1) is 8.52. The van der Waals surface area contributed by atoms with Crippen LogP contribution in [0.1, 0.15) is 11.3 Å². The van der Waals surface area contributed by atoms with Gasteiger partial charge >= 0.3 is 5.97 Å². The number of H-pyrrole nitrogens is 1. The third-order valence-corrected chi connectivity index (χ3v) is 3.40. The first kappa shape index (κ1) is 12.9. The van der Waals surface area contributed by atoms with Gasteiger partial charge in [0.05, 0.1) is 12.6 Å². The molecule has 18 heavy (non-hydrogen) atoms. The fourth-order valence-corrected chi connectivity index (χ4v) is 2.12. The van der Waals surface area contributed by atoms with Gasteiger partial charge in [-0.25, -0.2) is 0 Å². The van der Waals surface area contributed by atoms with Crippen molar-refractivity contribution in [3.63, 3.8) is 0 Å². The van der Waals surface area contributed by atoms with E-state index in [1.54, 1.807) is 0 Å². The van der Waals surface area contributed by atoms with Gasteiger partial charge in [0, 0.05) is 22.5 Å². The maximum atomic E-state index is 11.3. The molecule has 0 amide bonds. The molecule has 0 fully saturated rings. The molecule has 4 nitrogen and oxygen atoms in total. The molecule has 1 atom stereocenters. The summed E-state index contributed by atoms with van der Waals surface area (Å²) in [6.07, 6.45) is 0.415. The summed E-state index contributed by atoms with van der Waals surface area (Å²) in [4.78, 5) is 14.5. The Morgan fingerprint density at radius 2 is 2.28 bits per heavy atom. The molecule has 1 unspecified atom stereocenters. The number of rotatable bonds is 3. The summed E-state index contributed by atoms with van der Waals surface area (Å²) in [5.74, 6) is -0.414. The first-order valence-electron chi connectivity index (χ1n) is 5.63. The molecule has 2 rings (SSSR count). The Kier molecular flexibility index (Phi) is 3.59. The predicted octanol–water partition coefficient (Wildman–Crippen LogP) is 2.17. The van der Waals surface area contributed by atoms with Crippen LogP contribution in [-0.2, 0) is 16.0 Å². The fraction of sp³-hybridized carbons (Fsp3) is 0.308. The summed E-state index contributed by atoms with van der Waals surface area (Å²) >= 11 is 6.06. The Hall–Kier alpha value is -1.52. The molecule has 5 heteroatoms. The van der Waals surface area contributed by atoms with Crippen molar-refractivity contribution in [2.45, 2.75) is 19.4 Å². The number of halogens is 1. The Balaban J connectivity index is 2.31. The van der Waals surface area contributed by atoms with Gasteiger partial charge in [-0.2, -0.15) is 0 Å². The van der Waals surface area contributed by atoms with Gasteiger partial charge in [-0.05, 0) is 24.6 Å². The normalized spacial score (nSPS) is 12.7. The quantitative estimate of drug-likeness (QED) is 0.837. The largest absolute Gasteiger partial charge is 0.468 e. The van der Waals surface area contributed by atoms with Crippen molar-refractivity contribution >= 4 is 28.5 Å². The standard InChI is InChI=1S/C13H15ClN2O2/c1-7-10(14)4-3-8-5-9(16-12(7)8)6-11(15)13(17)18-2/h3-5,11,16H,6,15H2,1-2H3. The number of hydrogen-bond donors (Lipinski definition) is 2. The van der Waals surface area contributed by atoms with E-state index in [4.69, 9.17) is 17.3 Å². The SMILES string of the molecule is COC(=O)C(N)Cc1cc2ccc(Cl)c(C)c2[nH]1. The molecule has 3 N–H and O–H groups in total. The van der Waals surface area contributed by atoms with Crippen molar-refractivity contribution in [3.05, 3.63) is 34.5 Å². The van der Waals surface area contributed by atoms with E-state index in [-0.39, 0.29) is 0 Å². The number of carbonyl (C=O) groups is 1. The minimum atomic E-state index is -0.654. The van der Waals surface area contributed by atoms with Crippen LogP contribution in [0.5, 0.6) is 0 Å². The average molecular weight is 267 g/mol. The second kappa shape index (κ2) is 5.00. The third kappa shape index (κ3) is 2.35. The zero-order valence-corrected chi connectivity index (χ0v) is 11.0. The number of benzene rings is 1. The Bertz CT molecular complexity index is 592. The molecular formula is C13H15ClN2O2. The van der Waals surface area contributed by atoms with E-state index in [0.29, 0.717) is 11.4 Å². The molecule has 0 aliphatic carbocycles. The number of aromatic amines is 1. The number of aromatic nitrogens is 1. The minimum absolute atomic E-state index is 0.414. The molecule has 0 aliphatic heterocycles. The maximum Gasteiger partial charge on any atom is 0.323 e. The molecule has 0 spiro atoms. The van der Waals surface area contributed by atoms with Crippen LogP contribution < -0.4 is 5.73 Å². The second-order valence-electron chi connectivity index (χ2n) is 4.26. The van der Waals surface area contributed by atoms with Gasteiger partial charge in [0.25, 0.3) is 0 Å². The van der Waals surface area contributed by atoms with E-state index >= 15 is 0 Å². The van der Waals surface area contributed by atoms with Crippen molar-refractivity contribution in [3.8, 4) is 0 Å². The molecule has 1 aromatic carbocycles. The van der Waals surface area contributed by atoms with Gasteiger partial charge < -0.3 is 15.5 Å². The number of esters is 1. The van der Waals surface area contributed by atoms with Crippen LogP contribution in [0.2, 0.25) is 5.02 Å². The molecule has 0 saturated carbocycles. The molecule has 0 aliphatic rings. The highest BCUT2D eigenvalue weighted by atomic mass is 35.5. The van der Waals surface area contributed by atoms with Crippen LogP contribution in [0.4, 0.5) is 0 Å². The Morgan fingerprint density at radius 3 is 2.94 bits per heavy atom. The van der Waals surface area contributed by atoms with Crippen molar-refractivity contribution in [2.24, 2.45) is 5.73 Å². The molecule has 1 heterocycles. The van der Waals surface area contributed by atoms with Gasteiger partial charge in [0.2, 0.25) is 0 Å². The van der Waals surface area contributed by atoms with Crippen LogP contribution >= 0.6 is 11.6 Å². The van der Waals surface area contributed by atoms with E-state index < -0.39 is 12.0 Å². The monoisotopic (exact) mass is 266 g/mol. The van der Waals surface area contributed by atoms with Crippen molar-refractivity contribution in [2.75, 3.05) is 7.11 Å². The highest BCUT2D eigenvalue weighted by Crippen LogP contribution is 2.25. The Labute approximate surface area is 110 Å². The van der Waals surface area contributed by atoms with Crippen molar-refractivity contribution in [1.82, 2.24) is 4.98 Å². The highest BCUT2D eigenvalue weighted by Gasteiger charge is 2.16. The average Bonchev–Trinajstić information content (AvgIpc) is 2.76. The van der Waals surface area contributed by atoms with Crippen LogP contribution in [0, 0.1) is 6.92 Å². The number of carbonyl (C=O) groups excluding carboxylic acids is 1. The molecule has 0 radical (unpaired) electrons. The lowest BCUT2D eigenvalue weighted by Gasteiger charge is -2.07. The van der Waals surface area contributed by atoms with E-state index in [1.165, 1.54) is 7.11 Å². The lowest BCUT2D eigenvalue weighted by atomic mass is 10.1. The van der Waals surface area contributed by atoms with Crippen molar-refractivity contribution < 1.29 is 9.53 Å². The van der Waals surface area contributed by atoms with Gasteiger partial charge in [-0.1, -0.05) is 17.7 Å². The summed E-state index contributed by atoms with van der Waals surface area (Å²) in [7, 11) is 1.33. The summed E-state index contributed by atoms with van der Waals surface area (Å²) < 4.78 is 4.60. The minimum Gasteiger partial charge on any atom is -0.468 e. The van der Waals surface area contributed by atoms with Crippen LogP contribution in [0.25, 0.3) is 10.9 Å². The molecule has 96 valence electrons. The van der Waals surface area contributed by atoms with Gasteiger partial charge in [-0.3, -0.25) is 4.79 Å². The number of aryl methyl sites for hydroxylation is 1. The zero-order valence-electron chi connectivity index (χ0n) is 10.3. The number of methoxy groups -OCH3 is 1. The van der Waals surface area contributed by atoms with E-state index in [1.807, 2.05) is 25.1 Å². The lowest BCUT2D eigenvalue weighted by Crippen LogP contribution is -2.33. The fourth-order valence-electron chi connectivity index (χ4n) is 1.96. The van der Waals surface area contributed by atoms with Gasteiger partial charge in [0.15, 0.2) is 0 Å². The maximum absolute atomic E-state index is 11.3. The smallest absolute Gasteiger partial charge is 0.323 e. The van der Waals surface area contributed by atoms with Crippen LogP contribution in [-0.4, -0.2) is 24.1 Å². The highest BCUT2D eigenvalue weighted by molar-refractivity contribution is 6.32. The summed E-state index contributed by atoms with van der Waals surface area (Å²) in [5.41, 5.74) is 8.60. The predicted molar refractivity (Wildman–Crippen MR) is 71.7 cm³/mol. The molecule has 1 aromatic heterocycles. The molecule has 0 bridgehead atoms. The summed E-state index contributed by atoms with van der Waals surface area (Å²) in [6.45, 7) is 1.95. The Morgan fingerprint density at radius 1 is 1.56 bits per heavy atom. The first-order valence-corrected chi connectivity index (χ1v) is 6.01. The number of ether oxygens (including phenoxy) is 1. The van der Waals surface area contributed by atoms with Crippen LogP contribution in [0.15, 0.2) is 18.2 Å². The number of fused-ring (bicyclic) bond motifs is 1. The topological polar surface area (TPSA) is 68.1 Å². The second-order valence-corrected chi connectivity index (χ2v) is 4.67. The van der Waals surface area contributed by atoms with Gasteiger partial charge in [0.1, 0.15) is 6.04 Å². The molecular weight excluding hydrogens is 252 g/mol. The number of hydrogen-bond acceptors (Lipinski definition) is 3. The zero-order chi connectivity index (χ0) is 13.3. The van der Waals surface area contributed by atoms with E-state index in [9.17, 15) is 4.79 Å².